The molecule has 0 saturated heterocycles. The van der Waals surface area contributed by atoms with Crippen LogP contribution >= 0.6 is 0 Å². The molecule has 4 N–H and O–H groups in total. The Labute approximate surface area is 394 Å². The number of unbranched alkanes of at least 4 members (excludes halogenated alkanes) is 41. The molecule has 0 aromatic carbocycles. The fraction of sp³-hybridized carbons (Fsp3) is 0.914. The van der Waals surface area contributed by atoms with Crippen molar-refractivity contribution in [1.82, 2.24) is 5.32 Å². The van der Waals surface area contributed by atoms with Gasteiger partial charge in [-0.3, -0.25) is 4.79 Å². The van der Waals surface area contributed by atoms with Gasteiger partial charge < -0.3 is 20.6 Å². The first-order chi connectivity index (χ1) is 31.1. The van der Waals surface area contributed by atoms with Gasteiger partial charge in [0.2, 0.25) is 5.91 Å². The van der Waals surface area contributed by atoms with Gasteiger partial charge in [0, 0.05) is 6.42 Å². The Morgan fingerprint density at radius 1 is 0.397 bits per heavy atom. The summed E-state index contributed by atoms with van der Waals surface area (Å²) >= 11 is 0. The Morgan fingerprint density at radius 3 is 1.00 bits per heavy atom. The lowest BCUT2D eigenvalue weighted by molar-refractivity contribution is -0.124. The second-order valence-corrected chi connectivity index (χ2v) is 19.9. The van der Waals surface area contributed by atoms with Crippen LogP contribution in [0.2, 0.25) is 0 Å². The number of nitrogens with one attached hydrogen (secondary N) is 1. The minimum absolute atomic E-state index is 0.144. The monoisotopic (exact) mass is 888 g/mol. The first kappa shape index (κ1) is 61.8. The SMILES string of the molecule is CCCCCCCCCCC/C=C\C/C=C\CCCCCCCCCCCC(=O)NC(CO)C(O)C(O)CCCCCCCCCCCCCCCCCCCCCCCCCC. The van der Waals surface area contributed by atoms with E-state index >= 15 is 0 Å². The summed E-state index contributed by atoms with van der Waals surface area (Å²) in [4.78, 5) is 12.5. The van der Waals surface area contributed by atoms with Crippen molar-refractivity contribution in [3.05, 3.63) is 24.3 Å². The van der Waals surface area contributed by atoms with Crippen LogP contribution in [0, 0.1) is 0 Å². The van der Waals surface area contributed by atoms with E-state index in [4.69, 9.17) is 0 Å². The van der Waals surface area contributed by atoms with Crippen LogP contribution in [-0.2, 0) is 4.79 Å². The van der Waals surface area contributed by atoms with Gasteiger partial charge in [0.15, 0.2) is 0 Å². The standard InChI is InChI=1S/C58H113NO4/c1-3-5-7-9-11-13-15-17-19-21-23-25-27-29-31-33-35-37-39-41-43-45-47-49-51-53-57(62)59-55(54-60)58(63)56(61)52-50-48-46-44-42-40-38-36-34-32-30-28-26-24-22-20-18-16-14-12-10-8-6-4-2/h23,25,29,31,55-56,58,60-61,63H,3-22,24,26-28,30,32-54H2,1-2H3,(H,59,62)/b25-23-,31-29-. The number of carbonyl (C=O) groups excluding carboxylic acids is 1. The summed E-state index contributed by atoms with van der Waals surface area (Å²) in [5.41, 5.74) is 0. The Kier molecular flexibility index (Phi) is 52.5. The molecule has 1 amide bonds. The summed E-state index contributed by atoms with van der Waals surface area (Å²) in [6, 6.07) is -0.812. The van der Waals surface area contributed by atoms with E-state index in [1.54, 1.807) is 0 Å². The largest absolute Gasteiger partial charge is 0.394 e. The third-order valence-corrected chi connectivity index (χ3v) is 13.6. The summed E-state index contributed by atoms with van der Waals surface area (Å²) in [6.07, 6.45) is 67.6. The summed E-state index contributed by atoms with van der Waals surface area (Å²) in [7, 11) is 0. The number of hydrogen-bond donors (Lipinski definition) is 4. The molecule has 3 unspecified atom stereocenters. The molecule has 0 heterocycles. The molecule has 0 radical (unpaired) electrons. The predicted octanol–water partition coefficient (Wildman–Crippen LogP) is 17.7. The zero-order valence-electron chi connectivity index (χ0n) is 42.7. The second kappa shape index (κ2) is 53.4. The molecule has 0 aliphatic rings. The van der Waals surface area contributed by atoms with Crippen LogP contribution in [0.15, 0.2) is 24.3 Å². The third-order valence-electron chi connectivity index (χ3n) is 13.6. The van der Waals surface area contributed by atoms with Crippen molar-refractivity contribution < 1.29 is 20.1 Å². The number of hydrogen-bond acceptors (Lipinski definition) is 4. The molecule has 3 atom stereocenters. The predicted molar refractivity (Wildman–Crippen MR) is 278 cm³/mol. The molecule has 0 aromatic heterocycles. The van der Waals surface area contributed by atoms with Crippen molar-refractivity contribution in [1.29, 1.82) is 0 Å². The molecular formula is C58H113NO4. The molecular weight excluding hydrogens is 775 g/mol. The zero-order chi connectivity index (χ0) is 45.8. The summed E-state index contributed by atoms with van der Waals surface area (Å²) in [6.45, 7) is 4.21. The maximum absolute atomic E-state index is 12.5. The molecule has 0 aliphatic carbocycles. The number of amides is 1. The molecule has 0 fully saturated rings. The van der Waals surface area contributed by atoms with E-state index in [-0.39, 0.29) is 12.5 Å². The van der Waals surface area contributed by atoms with Crippen molar-refractivity contribution >= 4 is 5.91 Å². The lowest BCUT2D eigenvalue weighted by Crippen LogP contribution is -2.50. The van der Waals surface area contributed by atoms with E-state index in [2.05, 4.69) is 43.5 Å². The normalized spacial score (nSPS) is 13.4. The Balaban J connectivity index is 3.54. The number of aliphatic hydroxyl groups excluding tert-OH is 3. The van der Waals surface area contributed by atoms with Crippen LogP contribution in [0.3, 0.4) is 0 Å². The highest BCUT2D eigenvalue weighted by Gasteiger charge is 2.26. The summed E-state index contributed by atoms with van der Waals surface area (Å²) in [5.74, 6) is -0.144. The average molecular weight is 889 g/mol. The second-order valence-electron chi connectivity index (χ2n) is 19.9. The maximum Gasteiger partial charge on any atom is 0.220 e. The van der Waals surface area contributed by atoms with Gasteiger partial charge >= 0.3 is 0 Å². The molecule has 0 saturated carbocycles. The molecule has 5 heteroatoms. The molecule has 374 valence electrons. The highest BCUT2D eigenvalue weighted by Crippen LogP contribution is 2.18. The first-order valence-corrected chi connectivity index (χ1v) is 28.6. The third kappa shape index (κ3) is 48.6. The van der Waals surface area contributed by atoms with Crippen molar-refractivity contribution in [2.45, 2.75) is 334 Å². The van der Waals surface area contributed by atoms with E-state index in [1.807, 2.05) is 0 Å². The van der Waals surface area contributed by atoms with Crippen LogP contribution in [0.4, 0.5) is 0 Å². The van der Waals surface area contributed by atoms with Gasteiger partial charge in [-0.25, -0.2) is 0 Å². The molecule has 63 heavy (non-hydrogen) atoms. The van der Waals surface area contributed by atoms with Crippen molar-refractivity contribution in [2.24, 2.45) is 0 Å². The van der Waals surface area contributed by atoms with Gasteiger partial charge in [-0.2, -0.15) is 0 Å². The lowest BCUT2D eigenvalue weighted by Gasteiger charge is -2.26. The van der Waals surface area contributed by atoms with E-state index < -0.39 is 18.2 Å². The van der Waals surface area contributed by atoms with Crippen molar-refractivity contribution in [2.75, 3.05) is 6.61 Å². The van der Waals surface area contributed by atoms with Gasteiger partial charge in [0.1, 0.15) is 6.10 Å². The van der Waals surface area contributed by atoms with Crippen molar-refractivity contribution in [3.8, 4) is 0 Å². The Bertz CT molecular complexity index is 936. The van der Waals surface area contributed by atoms with Crippen LogP contribution in [-0.4, -0.2) is 46.1 Å². The van der Waals surface area contributed by atoms with Gasteiger partial charge in [0.25, 0.3) is 0 Å². The van der Waals surface area contributed by atoms with E-state index in [0.717, 1.165) is 44.9 Å². The van der Waals surface area contributed by atoms with E-state index in [0.29, 0.717) is 12.8 Å². The summed E-state index contributed by atoms with van der Waals surface area (Å²) in [5, 5.41) is 33.8. The summed E-state index contributed by atoms with van der Waals surface area (Å²) < 4.78 is 0. The number of allylic oxidation sites excluding steroid dienone is 4. The molecule has 0 aliphatic heterocycles. The van der Waals surface area contributed by atoms with Gasteiger partial charge in [-0.15, -0.1) is 0 Å². The Hall–Kier alpha value is -1.17. The van der Waals surface area contributed by atoms with E-state index in [9.17, 15) is 20.1 Å². The van der Waals surface area contributed by atoms with Crippen molar-refractivity contribution in [3.63, 3.8) is 0 Å². The minimum Gasteiger partial charge on any atom is -0.394 e. The first-order valence-electron chi connectivity index (χ1n) is 28.6. The average Bonchev–Trinajstić information content (AvgIpc) is 3.29. The van der Waals surface area contributed by atoms with Crippen LogP contribution in [0.25, 0.3) is 0 Å². The highest BCUT2D eigenvalue weighted by molar-refractivity contribution is 5.76. The topological polar surface area (TPSA) is 89.8 Å². The van der Waals surface area contributed by atoms with Gasteiger partial charge in [-0.05, 0) is 44.9 Å². The van der Waals surface area contributed by atoms with Crippen LogP contribution in [0.5, 0.6) is 0 Å². The number of aliphatic hydroxyl groups is 3. The fourth-order valence-corrected chi connectivity index (χ4v) is 9.14. The Morgan fingerprint density at radius 2 is 0.683 bits per heavy atom. The molecule has 5 nitrogen and oxygen atoms in total. The number of rotatable bonds is 53. The molecule has 0 aromatic rings. The fourth-order valence-electron chi connectivity index (χ4n) is 9.14. The minimum atomic E-state index is -1.14. The maximum atomic E-state index is 12.5. The quantitative estimate of drug-likeness (QED) is 0.0362. The molecule has 0 rings (SSSR count). The van der Waals surface area contributed by atoms with E-state index in [1.165, 1.54) is 244 Å². The number of carbonyl (C=O) groups is 1. The van der Waals surface area contributed by atoms with Crippen LogP contribution in [0.1, 0.15) is 316 Å². The lowest BCUT2D eigenvalue weighted by atomic mass is 9.99. The molecule has 0 spiro atoms. The van der Waals surface area contributed by atoms with Gasteiger partial charge in [-0.1, -0.05) is 289 Å². The van der Waals surface area contributed by atoms with Crippen LogP contribution < -0.4 is 5.32 Å². The highest BCUT2D eigenvalue weighted by atomic mass is 16.3. The smallest absolute Gasteiger partial charge is 0.220 e. The zero-order valence-corrected chi connectivity index (χ0v) is 42.7. The molecule has 0 bridgehead atoms. The van der Waals surface area contributed by atoms with Gasteiger partial charge in [0.05, 0.1) is 18.8 Å².